The maximum Gasteiger partial charge on any atom is 0.200 e. The number of aromatic nitrogens is 1. The van der Waals surface area contributed by atoms with E-state index in [0.717, 1.165) is 50.6 Å². The summed E-state index contributed by atoms with van der Waals surface area (Å²) in [7, 11) is 1.70. The molecule has 1 saturated heterocycles. The highest BCUT2D eigenvalue weighted by atomic mass is 16.5. The number of hydrogen-bond acceptors (Lipinski definition) is 6. The number of aliphatic hydroxyl groups is 1. The quantitative estimate of drug-likeness (QED) is 0.647. The number of methoxy groups -OCH3 is 1. The van der Waals surface area contributed by atoms with Gasteiger partial charge in [-0.1, -0.05) is 24.3 Å². The number of nitrogens with zero attached hydrogens (tertiary/aromatic N) is 3. The van der Waals surface area contributed by atoms with Gasteiger partial charge in [0.2, 0.25) is 0 Å². The summed E-state index contributed by atoms with van der Waals surface area (Å²) in [5.41, 5.74) is 2.20. The third-order valence-electron chi connectivity index (χ3n) is 5.94. The average Bonchev–Trinajstić information content (AvgIpc) is 3.00. The van der Waals surface area contributed by atoms with Crippen LogP contribution in [0.3, 0.4) is 0 Å². The van der Waals surface area contributed by atoms with Crippen LogP contribution in [0.2, 0.25) is 0 Å². The third kappa shape index (κ3) is 3.80. The summed E-state index contributed by atoms with van der Waals surface area (Å²) in [5, 5.41) is 31.0. The van der Waals surface area contributed by atoms with E-state index in [-0.39, 0.29) is 11.8 Å². The lowest BCUT2D eigenvalue weighted by Gasteiger charge is -2.36. The molecule has 2 aliphatic rings. The predicted octanol–water partition coefficient (Wildman–Crippen LogP) is 2.27. The second-order valence-electron chi connectivity index (χ2n) is 7.62. The van der Waals surface area contributed by atoms with Crippen molar-refractivity contribution in [1.29, 1.82) is 0 Å². The first-order chi connectivity index (χ1) is 14.1. The molecule has 3 N–H and O–H groups in total. The Kier molecular flexibility index (Phi) is 5.69. The van der Waals surface area contributed by atoms with Gasteiger partial charge in [-0.2, -0.15) is 0 Å². The highest BCUT2D eigenvalue weighted by molar-refractivity contribution is 5.58. The number of benzene rings is 1. The molecule has 1 aromatic heterocycles. The minimum atomic E-state index is -0.853. The van der Waals surface area contributed by atoms with Crippen molar-refractivity contribution in [2.75, 3.05) is 44.7 Å². The number of para-hydroxylation sites is 2. The molecule has 1 unspecified atom stereocenters. The molecule has 1 aliphatic heterocycles. The Morgan fingerprint density at radius 1 is 1.03 bits per heavy atom. The fraction of sp³-hybridized carbons (Fsp3) is 0.455. The van der Waals surface area contributed by atoms with Crippen LogP contribution in [0.1, 0.15) is 23.7 Å². The second kappa shape index (κ2) is 8.39. The normalized spacial score (nSPS) is 19.4. The zero-order valence-corrected chi connectivity index (χ0v) is 16.8. The van der Waals surface area contributed by atoms with E-state index in [2.05, 4.69) is 15.9 Å². The molecule has 0 amide bonds. The minimum absolute atomic E-state index is 0.0182. The standard InChI is InChI=1S/C22H29N3O4/c1-29-19-9-3-2-7-17(19)24-14-12-23(13-15-24)10-5-11-25-21(27)16-6-4-8-18(26)20(16)22(25)28/h2-4,7-9,18,26-28H,5-6,10-15H2,1H3. The SMILES string of the molecule is COc1ccccc1N1CCN(CCCn2c(O)c3c(c2O)C(O)C=CC3)CC1. The molecular weight excluding hydrogens is 370 g/mol. The Morgan fingerprint density at radius 3 is 2.52 bits per heavy atom. The van der Waals surface area contributed by atoms with Gasteiger partial charge in [0.1, 0.15) is 11.9 Å². The second-order valence-corrected chi connectivity index (χ2v) is 7.62. The van der Waals surface area contributed by atoms with Gasteiger partial charge >= 0.3 is 0 Å². The maximum absolute atomic E-state index is 10.4. The minimum Gasteiger partial charge on any atom is -0.495 e. The molecule has 1 fully saturated rings. The van der Waals surface area contributed by atoms with Crippen molar-refractivity contribution in [2.24, 2.45) is 0 Å². The fourth-order valence-corrected chi connectivity index (χ4v) is 4.35. The largest absolute Gasteiger partial charge is 0.495 e. The number of aliphatic hydroxyl groups excluding tert-OH is 1. The van der Waals surface area contributed by atoms with E-state index in [1.165, 1.54) is 4.57 Å². The lowest BCUT2D eigenvalue weighted by Crippen LogP contribution is -2.46. The average molecular weight is 399 g/mol. The van der Waals surface area contributed by atoms with Gasteiger partial charge in [-0.05, 0) is 31.5 Å². The van der Waals surface area contributed by atoms with Crippen molar-refractivity contribution >= 4 is 5.69 Å². The van der Waals surface area contributed by atoms with E-state index >= 15 is 0 Å². The Hall–Kier alpha value is -2.64. The van der Waals surface area contributed by atoms with Crippen LogP contribution in [0.4, 0.5) is 5.69 Å². The smallest absolute Gasteiger partial charge is 0.200 e. The first kappa shape index (κ1) is 19.7. The highest BCUT2D eigenvalue weighted by Gasteiger charge is 2.27. The van der Waals surface area contributed by atoms with Crippen LogP contribution in [0.5, 0.6) is 17.5 Å². The van der Waals surface area contributed by atoms with Gasteiger partial charge < -0.3 is 25.0 Å². The maximum atomic E-state index is 10.4. The summed E-state index contributed by atoms with van der Waals surface area (Å²) in [6.07, 6.45) is 3.95. The third-order valence-corrected chi connectivity index (χ3v) is 5.94. The van der Waals surface area contributed by atoms with Crippen molar-refractivity contribution < 1.29 is 20.1 Å². The van der Waals surface area contributed by atoms with Gasteiger partial charge in [-0.25, -0.2) is 0 Å². The van der Waals surface area contributed by atoms with Gasteiger partial charge in [0.05, 0.1) is 18.4 Å². The Bertz CT molecular complexity index is 884. The van der Waals surface area contributed by atoms with Gasteiger partial charge in [-0.15, -0.1) is 0 Å². The van der Waals surface area contributed by atoms with E-state index in [1.807, 2.05) is 24.3 Å². The molecular formula is C22H29N3O4. The van der Waals surface area contributed by atoms with Crippen molar-refractivity contribution in [1.82, 2.24) is 9.47 Å². The van der Waals surface area contributed by atoms with Gasteiger partial charge in [0.15, 0.2) is 11.8 Å². The number of ether oxygens (including phenoxy) is 1. The lowest BCUT2D eigenvalue weighted by atomic mass is 9.99. The summed E-state index contributed by atoms with van der Waals surface area (Å²) in [6.45, 7) is 5.20. The van der Waals surface area contributed by atoms with Crippen LogP contribution >= 0.6 is 0 Å². The lowest BCUT2D eigenvalue weighted by molar-refractivity contribution is 0.218. The van der Waals surface area contributed by atoms with E-state index < -0.39 is 6.10 Å². The summed E-state index contributed by atoms with van der Waals surface area (Å²) >= 11 is 0. The zero-order valence-electron chi connectivity index (χ0n) is 16.8. The van der Waals surface area contributed by atoms with Crippen LogP contribution in [0.15, 0.2) is 36.4 Å². The summed E-state index contributed by atoms with van der Waals surface area (Å²) in [5.74, 6) is 0.956. The van der Waals surface area contributed by atoms with Crippen LogP contribution in [0.25, 0.3) is 0 Å². The zero-order chi connectivity index (χ0) is 20.4. The molecule has 7 heteroatoms. The molecule has 2 aromatic rings. The van der Waals surface area contributed by atoms with Crippen LogP contribution in [0, 0.1) is 0 Å². The fourth-order valence-electron chi connectivity index (χ4n) is 4.35. The highest BCUT2D eigenvalue weighted by Crippen LogP contribution is 2.41. The molecule has 0 bridgehead atoms. The number of fused-ring (bicyclic) bond motifs is 1. The van der Waals surface area contributed by atoms with Crippen molar-refractivity contribution in [3.8, 4) is 17.5 Å². The van der Waals surface area contributed by atoms with E-state index in [4.69, 9.17) is 4.74 Å². The Balaban J connectivity index is 1.31. The van der Waals surface area contributed by atoms with E-state index in [1.54, 1.807) is 13.2 Å². The number of allylic oxidation sites excluding steroid dienone is 1. The molecule has 0 saturated carbocycles. The molecule has 2 heterocycles. The van der Waals surface area contributed by atoms with Crippen molar-refractivity contribution in [3.05, 3.63) is 47.5 Å². The molecule has 1 aromatic carbocycles. The first-order valence-corrected chi connectivity index (χ1v) is 10.2. The summed E-state index contributed by atoms with van der Waals surface area (Å²) < 4.78 is 7.00. The molecule has 7 nitrogen and oxygen atoms in total. The van der Waals surface area contributed by atoms with Crippen LogP contribution in [-0.4, -0.2) is 64.6 Å². The molecule has 1 atom stereocenters. The number of anilines is 1. The van der Waals surface area contributed by atoms with Crippen LogP contribution < -0.4 is 9.64 Å². The monoisotopic (exact) mass is 399 g/mol. The summed E-state index contributed by atoms with van der Waals surface area (Å²) in [6, 6.07) is 8.10. The predicted molar refractivity (Wildman–Crippen MR) is 112 cm³/mol. The number of rotatable bonds is 6. The number of aromatic hydroxyl groups is 2. The van der Waals surface area contributed by atoms with Gasteiger partial charge in [-0.3, -0.25) is 9.47 Å². The van der Waals surface area contributed by atoms with E-state index in [0.29, 0.717) is 24.1 Å². The van der Waals surface area contributed by atoms with Crippen molar-refractivity contribution in [3.63, 3.8) is 0 Å². The molecule has 4 rings (SSSR count). The van der Waals surface area contributed by atoms with Gasteiger partial charge in [0.25, 0.3) is 0 Å². The van der Waals surface area contributed by atoms with E-state index in [9.17, 15) is 15.3 Å². The molecule has 0 radical (unpaired) electrons. The van der Waals surface area contributed by atoms with Crippen LogP contribution in [-0.2, 0) is 13.0 Å². The Morgan fingerprint density at radius 2 is 1.79 bits per heavy atom. The van der Waals surface area contributed by atoms with Gasteiger partial charge in [0, 0.05) is 38.3 Å². The molecule has 1 aliphatic carbocycles. The topological polar surface area (TPSA) is 81.3 Å². The molecule has 29 heavy (non-hydrogen) atoms. The molecule has 156 valence electrons. The summed E-state index contributed by atoms with van der Waals surface area (Å²) in [4.78, 5) is 4.75. The van der Waals surface area contributed by atoms with Crippen molar-refractivity contribution in [2.45, 2.75) is 25.5 Å². The number of hydrogen-bond donors (Lipinski definition) is 3. The first-order valence-electron chi connectivity index (χ1n) is 10.2. The molecule has 0 spiro atoms. The number of piperazine rings is 1. The Labute approximate surface area is 171 Å².